The number of benzene rings is 5. The summed E-state index contributed by atoms with van der Waals surface area (Å²) in [6, 6.07) is 50.5. The monoisotopic (exact) mass is 1130 g/mol. The summed E-state index contributed by atoms with van der Waals surface area (Å²) in [6.07, 6.45) is 9.78. The molecule has 14 heteroatoms. The highest BCUT2D eigenvalue weighted by Crippen LogP contribution is 2.47. The molecule has 2 saturated heterocycles. The minimum absolute atomic E-state index is 0.102. The number of rotatable bonds is 15. The zero-order valence-corrected chi connectivity index (χ0v) is 50.4. The molecule has 2 unspecified atom stereocenters. The van der Waals surface area contributed by atoms with Crippen molar-refractivity contribution in [2.24, 2.45) is 11.8 Å². The number of nitrogens with zero attached hydrogens (tertiary/aromatic N) is 4. The van der Waals surface area contributed by atoms with Gasteiger partial charge in [-0.05, 0) is 125 Å². The summed E-state index contributed by atoms with van der Waals surface area (Å²) in [4.78, 5) is 55.2. The van der Waals surface area contributed by atoms with Crippen LogP contribution in [0.25, 0.3) is 0 Å². The molecular formula is C69H91N7O7. The van der Waals surface area contributed by atoms with E-state index in [1.54, 1.807) is 32.9 Å². The van der Waals surface area contributed by atoms with Crippen LogP contribution in [0.2, 0.25) is 0 Å². The summed E-state index contributed by atoms with van der Waals surface area (Å²) in [6.45, 7) is 18.1. The molecule has 3 N–H and O–H groups in total. The van der Waals surface area contributed by atoms with Crippen molar-refractivity contribution < 1.29 is 33.4 Å². The number of methoxy groups -OCH3 is 1. The molecule has 6 fully saturated rings. The number of carbonyl (C=O) groups is 4. The molecule has 4 saturated carbocycles. The third-order valence-electron chi connectivity index (χ3n) is 15.9. The maximum Gasteiger partial charge on any atom is 0.514 e. The SMILES string of the molecule is C#CCN(C)Cc1ccccc1.CN1CCN(C(=O)CN[C@H]2C[C@@H]2c2ccccc2)CC1.COC(=O)N[C@@H]1C[C@H]1c1ccc(OC(=O)OC(C)(C)C)cc1.C[C@@H]1C[C@H]1c1ccccc1.C[C@H]1CCN(C(=O)CNC2CC2c2ccccc2)C1. The first-order valence-electron chi connectivity index (χ1n) is 29.8. The number of nitrogens with one attached hydrogen (secondary N) is 3. The van der Waals surface area contributed by atoms with E-state index in [0.717, 1.165) is 88.9 Å². The molecule has 5 aromatic carbocycles. The maximum atomic E-state index is 12.1. The van der Waals surface area contributed by atoms with E-state index in [4.69, 9.17) is 15.9 Å². The summed E-state index contributed by atoms with van der Waals surface area (Å²) < 4.78 is 14.8. The first-order chi connectivity index (χ1) is 40.0. The van der Waals surface area contributed by atoms with Gasteiger partial charge in [-0.2, -0.15) is 0 Å². The van der Waals surface area contributed by atoms with E-state index in [1.165, 1.54) is 35.8 Å². The van der Waals surface area contributed by atoms with E-state index >= 15 is 0 Å². The molecule has 2 aliphatic heterocycles. The number of carbonyl (C=O) groups excluding carboxylic acids is 4. The van der Waals surface area contributed by atoms with Crippen molar-refractivity contribution in [2.45, 2.75) is 121 Å². The average Bonchev–Trinajstić information content (AvgIpc) is 4.51. The van der Waals surface area contributed by atoms with Crippen molar-refractivity contribution in [3.63, 3.8) is 0 Å². The number of terminal acetylenes is 1. The lowest BCUT2D eigenvalue weighted by atomic mass is 10.1. The lowest BCUT2D eigenvalue weighted by Crippen LogP contribution is -2.49. The highest BCUT2D eigenvalue weighted by molar-refractivity contribution is 5.79. The molecule has 14 nitrogen and oxygen atoms in total. The van der Waals surface area contributed by atoms with Gasteiger partial charge in [0.15, 0.2) is 0 Å². The van der Waals surface area contributed by atoms with Crippen LogP contribution >= 0.6 is 0 Å². The Bertz CT molecular complexity index is 2800. The van der Waals surface area contributed by atoms with Crippen molar-refractivity contribution in [2.75, 3.05) is 80.1 Å². The topological polar surface area (TPSA) is 145 Å². The van der Waals surface area contributed by atoms with Gasteiger partial charge in [0.05, 0.1) is 26.7 Å². The number of likely N-dealkylation sites (N-methyl/N-ethyl adjacent to an activating group) is 1. The Kier molecular flexibility index (Phi) is 24.2. The van der Waals surface area contributed by atoms with Crippen molar-refractivity contribution >= 4 is 24.1 Å². The molecule has 0 radical (unpaired) electrons. The average molecular weight is 1130 g/mol. The van der Waals surface area contributed by atoms with E-state index in [0.29, 0.717) is 55.2 Å². The van der Waals surface area contributed by atoms with Crippen LogP contribution in [0.1, 0.15) is 118 Å². The van der Waals surface area contributed by atoms with E-state index in [1.807, 2.05) is 59.3 Å². The van der Waals surface area contributed by atoms with Gasteiger partial charge in [-0.1, -0.05) is 153 Å². The normalized spacial score (nSPS) is 23.5. The number of alkyl carbamates (subject to hydrolysis) is 1. The Hall–Kier alpha value is -7.02. The van der Waals surface area contributed by atoms with E-state index in [9.17, 15) is 19.2 Å². The van der Waals surface area contributed by atoms with Crippen LogP contribution in [0.4, 0.5) is 9.59 Å². The number of likely N-dealkylation sites (tertiary alicyclic amines) is 1. The van der Waals surface area contributed by atoms with Gasteiger partial charge in [-0.15, -0.1) is 6.42 Å². The van der Waals surface area contributed by atoms with E-state index < -0.39 is 17.8 Å². The first-order valence-corrected chi connectivity index (χ1v) is 29.8. The zero-order valence-electron chi connectivity index (χ0n) is 50.4. The predicted molar refractivity (Wildman–Crippen MR) is 330 cm³/mol. The number of amides is 3. The second kappa shape index (κ2) is 31.6. The standard InChI is InChI=1S/C16H23N3O.C16H22N2O.C16H21NO5.C11H13N.C10H12/c1-18-7-9-19(10-8-18)16(20)12-17-15-11-14(15)13-5-3-2-4-6-13;1-12-7-8-18(11-12)16(19)10-17-15-9-14(15)13-5-3-2-4-6-13;1-16(2,3)22-15(19)21-11-7-5-10(6-8-11)12-9-13(12)17-14(18)20-4;1-3-9-12(2)10-11-7-5-4-6-8-11;1-8-7-10(8)9-5-3-2-4-6-9/h2-6,14-15,17H,7-12H2,1H3;2-6,12,14-15,17H,7-11H2,1H3;5-8,12-13H,9H2,1-4H3,(H,17,18);1,4-8H,9-10H2,2H3;2-6,8,10H,7H2,1H3/t14-,15+;12-,14?,15?;12-,13+;;8-,10-/m100.1/s1. The maximum absolute atomic E-state index is 12.1. The van der Waals surface area contributed by atoms with Crippen LogP contribution < -0.4 is 20.7 Å². The zero-order chi connectivity index (χ0) is 59.3. The van der Waals surface area contributed by atoms with Crippen molar-refractivity contribution in [1.82, 2.24) is 35.6 Å². The Morgan fingerprint density at radius 3 is 1.53 bits per heavy atom. The van der Waals surface area contributed by atoms with Gasteiger partial charge in [-0.3, -0.25) is 14.5 Å². The molecular weight excluding hydrogens is 1040 g/mol. The molecule has 6 aliphatic rings. The fraction of sp³-hybridized carbons (Fsp3) is 0.478. The highest BCUT2D eigenvalue weighted by atomic mass is 16.7. The first kappa shape index (κ1) is 63.6. The van der Waals surface area contributed by atoms with Gasteiger partial charge in [0.2, 0.25) is 11.8 Å². The van der Waals surface area contributed by atoms with Gasteiger partial charge in [0.1, 0.15) is 11.4 Å². The van der Waals surface area contributed by atoms with Gasteiger partial charge >= 0.3 is 12.2 Å². The Balaban J connectivity index is 0.000000153. The van der Waals surface area contributed by atoms with Crippen molar-refractivity contribution in [1.29, 1.82) is 0 Å². The highest BCUT2D eigenvalue weighted by Gasteiger charge is 2.41. The molecule has 11 rings (SSSR count). The van der Waals surface area contributed by atoms with Crippen LogP contribution in [0.15, 0.2) is 146 Å². The van der Waals surface area contributed by atoms with Gasteiger partial charge in [0, 0.05) is 81.7 Å². The van der Waals surface area contributed by atoms with Crippen molar-refractivity contribution in [3.8, 4) is 18.1 Å². The fourth-order valence-corrected chi connectivity index (χ4v) is 10.5. The minimum atomic E-state index is -0.725. The lowest BCUT2D eigenvalue weighted by Gasteiger charge is -2.32. The van der Waals surface area contributed by atoms with Crippen LogP contribution in [0.5, 0.6) is 5.75 Å². The Labute approximate surface area is 495 Å². The predicted octanol–water partition coefficient (Wildman–Crippen LogP) is 10.7. The molecule has 444 valence electrons. The van der Waals surface area contributed by atoms with E-state index in [2.05, 4.69) is 148 Å². The van der Waals surface area contributed by atoms with Crippen LogP contribution in [-0.2, 0) is 25.6 Å². The summed E-state index contributed by atoms with van der Waals surface area (Å²) in [7, 11) is 5.47. The molecule has 0 bridgehead atoms. The molecule has 0 spiro atoms. The summed E-state index contributed by atoms with van der Waals surface area (Å²) in [5.74, 6) is 7.50. The Morgan fingerprint density at radius 1 is 0.614 bits per heavy atom. The molecule has 3 amide bonds. The largest absolute Gasteiger partial charge is 0.514 e. The molecule has 2 heterocycles. The minimum Gasteiger partial charge on any atom is -0.453 e. The lowest BCUT2D eigenvalue weighted by molar-refractivity contribution is -0.132. The number of hydrogen-bond acceptors (Lipinski definition) is 11. The van der Waals surface area contributed by atoms with Gasteiger partial charge in [0.25, 0.3) is 0 Å². The smallest absolute Gasteiger partial charge is 0.453 e. The summed E-state index contributed by atoms with van der Waals surface area (Å²) in [5.41, 5.74) is 6.10. The molecule has 83 heavy (non-hydrogen) atoms. The molecule has 9 atom stereocenters. The molecule has 0 aromatic heterocycles. The number of piperazine rings is 1. The third kappa shape index (κ3) is 22.2. The quantitative estimate of drug-likeness (QED) is 0.0523. The summed E-state index contributed by atoms with van der Waals surface area (Å²) >= 11 is 0. The van der Waals surface area contributed by atoms with Crippen LogP contribution in [0, 0.1) is 24.2 Å². The Morgan fingerprint density at radius 2 is 1.07 bits per heavy atom. The van der Waals surface area contributed by atoms with E-state index in [-0.39, 0.29) is 23.8 Å². The second-order valence-corrected chi connectivity index (χ2v) is 24.2. The van der Waals surface area contributed by atoms with Gasteiger partial charge < -0.3 is 44.9 Å². The molecule has 4 aliphatic carbocycles. The van der Waals surface area contributed by atoms with Crippen LogP contribution in [0.3, 0.4) is 0 Å². The fourth-order valence-electron chi connectivity index (χ4n) is 10.5. The second-order valence-electron chi connectivity index (χ2n) is 24.2. The molecule has 5 aromatic rings. The van der Waals surface area contributed by atoms with Crippen LogP contribution in [-0.4, -0.2) is 147 Å². The summed E-state index contributed by atoms with van der Waals surface area (Å²) in [5, 5.41) is 9.57. The van der Waals surface area contributed by atoms with Gasteiger partial charge in [-0.25, -0.2) is 9.59 Å². The number of hydrogen-bond donors (Lipinski definition) is 3. The third-order valence-corrected chi connectivity index (χ3v) is 15.9. The van der Waals surface area contributed by atoms with Crippen molar-refractivity contribution in [3.05, 3.63) is 173 Å². The number of ether oxygens (including phenoxy) is 3.